The highest BCUT2D eigenvalue weighted by molar-refractivity contribution is 7.89. The molecule has 0 radical (unpaired) electrons. The molecule has 0 fully saturated rings. The Kier molecular flexibility index (Phi) is 11.3. The Balaban J connectivity index is 1.81. The van der Waals surface area contributed by atoms with Crippen LogP contribution in [0, 0.1) is 45.0 Å². The summed E-state index contributed by atoms with van der Waals surface area (Å²) in [6, 6.07) is 18.6. The second-order valence-corrected chi connectivity index (χ2v) is 15.0. The summed E-state index contributed by atoms with van der Waals surface area (Å²) in [6.07, 6.45) is 6.50. The molecule has 0 aliphatic carbocycles. The minimum Gasteiger partial charge on any atom is -0.207 e. The Hall–Kier alpha value is -3.98. The lowest BCUT2D eigenvalue weighted by molar-refractivity contribution is 0.479. The van der Waals surface area contributed by atoms with Crippen molar-refractivity contribution >= 4 is 36.3 Å². The van der Waals surface area contributed by atoms with E-state index in [4.69, 9.17) is 6.42 Å². The quantitative estimate of drug-likeness (QED) is 0.184. The van der Waals surface area contributed by atoms with Gasteiger partial charge in [-0.3, -0.25) is 0 Å². The first-order valence-electron chi connectivity index (χ1n) is 12.9. The van der Waals surface area contributed by atoms with Crippen LogP contribution in [0.5, 0.6) is 0 Å². The van der Waals surface area contributed by atoms with Crippen molar-refractivity contribution in [2.75, 3.05) is 26.2 Å². The fraction of sp³-hybridized carbons (Fsp3) is 0.233. The summed E-state index contributed by atoms with van der Waals surface area (Å²) in [5, 5.41) is 3.73. The third-order valence-corrected chi connectivity index (χ3v) is 11.0. The highest BCUT2D eigenvalue weighted by atomic mass is 32.2. The first kappa shape index (κ1) is 33.5. The lowest BCUT2D eigenvalue weighted by Gasteiger charge is -2.19. The maximum absolute atomic E-state index is 13.4. The predicted octanol–water partition coefficient (Wildman–Crippen LogP) is 2.89. The Morgan fingerprint density at radius 3 is 1.49 bits per heavy atom. The first-order valence-corrected chi connectivity index (χ1v) is 17.3. The molecule has 0 spiro atoms. The summed E-state index contributed by atoms with van der Waals surface area (Å²) in [4.78, 5) is 2.14. The normalized spacial score (nSPS) is 12.2. The maximum Gasteiger partial charge on any atom is 0.276 e. The molecule has 1 N–H and O–H groups in total. The lowest BCUT2D eigenvalue weighted by Crippen LogP contribution is -2.34. The highest BCUT2D eigenvalue weighted by Crippen LogP contribution is 2.17. The maximum atomic E-state index is 13.4. The molecule has 10 nitrogen and oxygen atoms in total. The second-order valence-electron chi connectivity index (χ2n) is 9.47. The van der Waals surface area contributed by atoms with Crippen molar-refractivity contribution in [2.24, 2.45) is 5.10 Å². The summed E-state index contributed by atoms with van der Waals surface area (Å²) in [5.41, 5.74) is 2.64. The van der Waals surface area contributed by atoms with Gasteiger partial charge in [-0.1, -0.05) is 70.8 Å². The van der Waals surface area contributed by atoms with E-state index in [2.05, 4.69) is 27.7 Å². The molecule has 0 aliphatic heterocycles. The van der Waals surface area contributed by atoms with E-state index in [1.807, 2.05) is 20.8 Å². The largest absolute Gasteiger partial charge is 0.276 e. The standard InChI is InChI=1S/C30H32N4O6S3/c1-5-21-33(42(37,38)29-16-10-26(3)11-17-29)22-6-7-23-34(43(39,40)30-18-12-27(4)13-19-30)24-20-31-32-41(35,36)28-14-8-25(2)9-15-28/h1,8-20,32H,21-24H2,2-4H3/b31-20+. The zero-order valence-corrected chi connectivity index (χ0v) is 26.4. The molecule has 0 aromatic heterocycles. The molecule has 3 rings (SSSR count). The third kappa shape index (κ3) is 9.00. The number of terminal acetylenes is 1. The predicted molar refractivity (Wildman–Crippen MR) is 166 cm³/mol. The number of nitrogens with one attached hydrogen (secondary N) is 1. The number of rotatable bonds is 12. The van der Waals surface area contributed by atoms with Gasteiger partial charge in [0, 0.05) is 6.21 Å². The number of hydrazone groups is 1. The minimum absolute atomic E-state index is 0.00219. The molecule has 13 heteroatoms. The van der Waals surface area contributed by atoms with Gasteiger partial charge in [0.05, 0.1) is 40.9 Å². The van der Waals surface area contributed by atoms with Gasteiger partial charge in [0.1, 0.15) is 0 Å². The summed E-state index contributed by atoms with van der Waals surface area (Å²) >= 11 is 0. The number of hydrogen-bond donors (Lipinski definition) is 1. The van der Waals surface area contributed by atoms with Crippen LogP contribution in [0.4, 0.5) is 0 Å². The summed E-state index contributed by atoms with van der Waals surface area (Å²) < 4.78 is 80.1. The van der Waals surface area contributed by atoms with Crippen LogP contribution in [0.3, 0.4) is 0 Å². The summed E-state index contributed by atoms with van der Waals surface area (Å²) in [5.74, 6) is 7.72. The number of sulfonamides is 3. The van der Waals surface area contributed by atoms with Crippen LogP contribution in [-0.2, 0) is 30.1 Å². The molecule has 43 heavy (non-hydrogen) atoms. The molecular formula is C30H32N4O6S3. The van der Waals surface area contributed by atoms with E-state index in [1.165, 1.54) is 36.4 Å². The average molecular weight is 641 g/mol. The van der Waals surface area contributed by atoms with Crippen LogP contribution in [0.25, 0.3) is 0 Å². The van der Waals surface area contributed by atoms with Gasteiger partial charge in [-0.25, -0.2) is 21.7 Å². The molecule has 0 unspecified atom stereocenters. The molecule has 0 amide bonds. The third-order valence-electron chi connectivity index (χ3n) is 6.10. The van der Waals surface area contributed by atoms with Gasteiger partial charge in [-0.2, -0.15) is 22.1 Å². The number of hydrogen-bond acceptors (Lipinski definition) is 7. The SMILES string of the molecule is C#CCN(CC#CCN(C/C=N/NS(=O)(=O)c1ccc(C)cc1)S(=O)(=O)c1ccc(C)cc1)S(=O)(=O)c1ccc(C)cc1. The van der Waals surface area contributed by atoms with E-state index >= 15 is 0 Å². The van der Waals surface area contributed by atoms with Crippen molar-refractivity contribution in [3.8, 4) is 24.2 Å². The topological polar surface area (TPSA) is 133 Å². The van der Waals surface area contributed by atoms with E-state index in [-0.39, 0.29) is 40.9 Å². The smallest absolute Gasteiger partial charge is 0.207 e. The van der Waals surface area contributed by atoms with Gasteiger partial charge >= 0.3 is 0 Å². The number of aryl methyl sites for hydroxylation is 3. The average Bonchev–Trinajstić information content (AvgIpc) is 2.96. The molecule has 3 aromatic rings. The first-order chi connectivity index (χ1) is 20.3. The van der Waals surface area contributed by atoms with Crippen molar-refractivity contribution in [3.63, 3.8) is 0 Å². The highest BCUT2D eigenvalue weighted by Gasteiger charge is 2.24. The van der Waals surface area contributed by atoms with E-state index in [0.29, 0.717) is 0 Å². The molecule has 3 aromatic carbocycles. The van der Waals surface area contributed by atoms with Crippen molar-refractivity contribution in [3.05, 3.63) is 89.5 Å². The van der Waals surface area contributed by atoms with Crippen molar-refractivity contribution in [2.45, 2.75) is 35.5 Å². The monoisotopic (exact) mass is 640 g/mol. The van der Waals surface area contributed by atoms with Crippen molar-refractivity contribution in [1.82, 2.24) is 13.4 Å². The lowest BCUT2D eigenvalue weighted by atomic mass is 10.2. The molecule has 226 valence electrons. The molecule has 0 saturated heterocycles. The molecule has 0 bridgehead atoms. The van der Waals surface area contributed by atoms with E-state index < -0.39 is 30.1 Å². The summed E-state index contributed by atoms with van der Waals surface area (Å²) in [7, 11) is -12.0. The van der Waals surface area contributed by atoms with Crippen LogP contribution in [0.15, 0.2) is 92.6 Å². The Morgan fingerprint density at radius 2 is 1.05 bits per heavy atom. The molecule has 0 heterocycles. The van der Waals surface area contributed by atoms with Gasteiger partial charge in [0.15, 0.2) is 0 Å². The van der Waals surface area contributed by atoms with Crippen LogP contribution in [-0.4, -0.2) is 66.3 Å². The second kappa shape index (κ2) is 14.5. The van der Waals surface area contributed by atoms with E-state index in [0.717, 1.165) is 31.5 Å². The van der Waals surface area contributed by atoms with Gasteiger partial charge in [-0.15, -0.1) is 6.42 Å². The number of nitrogens with zero attached hydrogens (tertiary/aromatic N) is 3. The fourth-order valence-electron chi connectivity index (χ4n) is 3.59. The fourth-order valence-corrected chi connectivity index (χ4v) is 6.94. The van der Waals surface area contributed by atoms with Crippen LogP contribution >= 0.6 is 0 Å². The van der Waals surface area contributed by atoms with Crippen molar-refractivity contribution < 1.29 is 25.3 Å². The molecule has 0 aliphatic rings. The van der Waals surface area contributed by atoms with Crippen molar-refractivity contribution in [1.29, 1.82) is 0 Å². The minimum atomic E-state index is -4.08. The van der Waals surface area contributed by atoms with E-state index in [1.54, 1.807) is 36.4 Å². The van der Waals surface area contributed by atoms with Gasteiger partial charge in [0.2, 0.25) is 20.0 Å². The Morgan fingerprint density at radius 1 is 0.651 bits per heavy atom. The van der Waals surface area contributed by atoms with Gasteiger partial charge in [-0.05, 0) is 57.2 Å². The Bertz CT molecular complexity index is 1870. The van der Waals surface area contributed by atoms with Crippen LogP contribution < -0.4 is 4.83 Å². The zero-order chi connectivity index (χ0) is 31.7. The number of benzene rings is 3. The van der Waals surface area contributed by atoms with Gasteiger partial charge < -0.3 is 0 Å². The molecular weight excluding hydrogens is 609 g/mol. The van der Waals surface area contributed by atoms with E-state index in [9.17, 15) is 25.3 Å². The zero-order valence-electron chi connectivity index (χ0n) is 23.9. The van der Waals surface area contributed by atoms with Crippen LogP contribution in [0.1, 0.15) is 16.7 Å². The Labute approximate surface area is 254 Å². The molecule has 0 saturated carbocycles. The molecule has 0 atom stereocenters. The van der Waals surface area contributed by atoms with Gasteiger partial charge in [0.25, 0.3) is 10.0 Å². The van der Waals surface area contributed by atoms with Crippen LogP contribution in [0.2, 0.25) is 0 Å². The summed E-state index contributed by atoms with van der Waals surface area (Å²) in [6.45, 7) is 4.32.